The number of aromatic nitrogens is 1. The van der Waals surface area contributed by atoms with Gasteiger partial charge in [-0.1, -0.05) is 0 Å². The van der Waals surface area contributed by atoms with Gasteiger partial charge in [-0.3, -0.25) is 9.59 Å². The standard InChI is InChI=1S/C8H4F5NO2/c9-6(10)4-1-3(2-15)7(16)14-5(4)8(11,12)13/h1-2,6H,(H,14,16). The summed E-state index contributed by atoms with van der Waals surface area (Å²) in [6.07, 6.45) is -8.64. The SMILES string of the molecule is O=Cc1cc(C(F)F)c(C(F)(F)F)[nH]c1=O. The summed E-state index contributed by atoms with van der Waals surface area (Å²) in [6.45, 7) is 0. The number of carbonyl (C=O) groups excluding carboxylic acids is 1. The number of aromatic amines is 1. The molecule has 0 unspecified atom stereocenters. The summed E-state index contributed by atoms with van der Waals surface area (Å²) < 4.78 is 61.2. The van der Waals surface area contributed by atoms with Gasteiger partial charge in [0.1, 0.15) is 5.69 Å². The first kappa shape index (κ1) is 12.3. The predicted octanol–water partition coefficient (Wildman–Crippen LogP) is 2.14. The van der Waals surface area contributed by atoms with E-state index in [-0.39, 0.29) is 12.4 Å². The fourth-order valence-corrected chi connectivity index (χ4v) is 1.06. The van der Waals surface area contributed by atoms with Crippen molar-refractivity contribution in [3.63, 3.8) is 0 Å². The van der Waals surface area contributed by atoms with Crippen molar-refractivity contribution < 1.29 is 26.7 Å². The van der Waals surface area contributed by atoms with E-state index in [9.17, 15) is 31.5 Å². The lowest BCUT2D eigenvalue weighted by Crippen LogP contribution is -2.22. The third-order valence-electron chi connectivity index (χ3n) is 1.75. The lowest BCUT2D eigenvalue weighted by Gasteiger charge is -2.11. The number of nitrogens with one attached hydrogen (secondary N) is 1. The Bertz CT molecular complexity index is 462. The molecule has 0 fully saturated rings. The van der Waals surface area contributed by atoms with Crippen LogP contribution in [0.15, 0.2) is 10.9 Å². The molecule has 0 aliphatic heterocycles. The number of rotatable bonds is 2. The average molecular weight is 241 g/mol. The first-order chi connectivity index (χ1) is 7.27. The maximum Gasteiger partial charge on any atom is 0.431 e. The van der Waals surface area contributed by atoms with Crippen molar-refractivity contribution >= 4 is 6.29 Å². The molecule has 16 heavy (non-hydrogen) atoms. The largest absolute Gasteiger partial charge is 0.431 e. The molecule has 0 radical (unpaired) electrons. The molecular formula is C8H4F5NO2. The maximum absolute atomic E-state index is 12.3. The summed E-state index contributed by atoms with van der Waals surface area (Å²) in [5.74, 6) is 0. The molecule has 0 atom stereocenters. The second-order valence-electron chi connectivity index (χ2n) is 2.80. The lowest BCUT2D eigenvalue weighted by atomic mass is 10.1. The van der Waals surface area contributed by atoms with Crippen LogP contribution in [0.3, 0.4) is 0 Å². The molecule has 0 saturated carbocycles. The Hall–Kier alpha value is -1.73. The Balaban J connectivity index is 3.55. The van der Waals surface area contributed by atoms with Crippen LogP contribution >= 0.6 is 0 Å². The summed E-state index contributed by atoms with van der Waals surface area (Å²) in [4.78, 5) is 22.3. The molecule has 0 aliphatic carbocycles. The highest BCUT2D eigenvalue weighted by atomic mass is 19.4. The van der Waals surface area contributed by atoms with Crippen molar-refractivity contribution in [1.82, 2.24) is 4.98 Å². The second-order valence-corrected chi connectivity index (χ2v) is 2.80. The van der Waals surface area contributed by atoms with Crippen LogP contribution in [0, 0.1) is 0 Å². The smallest absolute Gasteiger partial charge is 0.317 e. The van der Waals surface area contributed by atoms with Crippen LogP contribution in [0.2, 0.25) is 0 Å². The van der Waals surface area contributed by atoms with Crippen molar-refractivity contribution in [3.05, 3.63) is 33.2 Å². The Morgan fingerprint density at radius 1 is 1.31 bits per heavy atom. The summed E-state index contributed by atoms with van der Waals surface area (Å²) in [5.41, 5.74) is -5.39. The highest BCUT2D eigenvalue weighted by molar-refractivity contribution is 5.74. The quantitative estimate of drug-likeness (QED) is 0.637. The monoisotopic (exact) mass is 241 g/mol. The van der Waals surface area contributed by atoms with Gasteiger partial charge in [0.05, 0.1) is 5.56 Å². The van der Waals surface area contributed by atoms with Crippen LogP contribution < -0.4 is 5.56 Å². The molecule has 1 heterocycles. The van der Waals surface area contributed by atoms with E-state index in [2.05, 4.69) is 0 Å². The molecule has 0 amide bonds. The Morgan fingerprint density at radius 2 is 1.88 bits per heavy atom. The van der Waals surface area contributed by atoms with Crippen molar-refractivity contribution in [2.24, 2.45) is 0 Å². The third-order valence-corrected chi connectivity index (χ3v) is 1.75. The first-order valence-electron chi connectivity index (χ1n) is 3.85. The van der Waals surface area contributed by atoms with Gasteiger partial charge in [0.25, 0.3) is 12.0 Å². The van der Waals surface area contributed by atoms with Gasteiger partial charge in [0.2, 0.25) is 0 Å². The lowest BCUT2D eigenvalue weighted by molar-refractivity contribution is -0.143. The minimum Gasteiger partial charge on any atom is -0.317 e. The minimum absolute atomic E-state index is 0.0924. The molecule has 8 heteroatoms. The van der Waals surface area contributed by atoms with Gasteiger partial charge >= 0.3 is 6.18 Å². The Morgan fingerprint density at radius 3 is 2.25 bits per heavy atom. The van der Waals surface area contributed by atoms with E-state index in [1.807, 2.05) is 0 Å². The molecule has 1 aromatic rings. The van der Waals surface area contributed by atoms with Crippen LogP contribution in [0.1, 0.15) is 28.0 Å². The van der Waals surface area contributed by atoms with E-state index in [0.717, 1.165) is 0 Å². The van der Waals surface area contributed by atoms with Gasteiger partial charge in [0, 0.05) is 5.56 Å². The second kappa shape index (κ2) is 4.03. The summed E-state index contributed by atoms with van der Waals surface area (Å²) in [7, 11) is 0. The van der Waals surface area contributed by atoms with Gasteiger partial charge in [0.15, 0.2) is 6.29 Å². The van der Waals surface area contributed by atoms with E-state index in [1.165, 1.54) is 4.98 Å². The van der Waals surface area contributed by atoms with Crippen molar-refractivity contribution in [3.8, 4) is 0 Å². The predicted molar refractivity (Wildman–Crippen MR) is 42.4 cm³/mol. The van der Waals surface area contributed by atoms with E-state index in [1.54, 1.807) is 0 Å². The van der Waals surface area contributed by atoms with Crippen LogP contribution in [0.25, 0.3) is 0 Å². The molecule has 1 rings (SSSR count). The van der Waals surface area contributed by atoms with E-state index >= 15 is 0 Å². The number of hydrogen-bond acceptors (Lipinski definition) is 2. The zero-order valence-electron chi connectivity index (χ0n) is 7.44. The normalized spacial score (nSPS) is 11.9. The number of pyridine rings is 1. The summed E-state index contributed by atoms with van der Waals surface area (Å²) >= 11 is 0. The average Bonchev–Trinajstić information content (AvgIpc) is 2.15. The van der Waals surface area contributed by atoms with Crippen molar-refractivity contribution in [2.75, 3.05) is 0 Å². The Labute approximate surface area is 84.9 Å². The number of aldehydes is 1. The van der Waals surface area contributed by atoms with E-state index in [4.69, 9.17) is 0 Å². The van der Waals surface area contributed by atoms with Crippen molar-refractivity contribution in [1.29, 1.82) is 0 Å². The number of alkyl halides is 5. The van der Waals surface area contributed by atoms with E-state index in [0.29, 0.717) is 0 Å². The first-order valence-corrected chi connectivity index (χ1v) is 3.85. The molecule has 0 saturated heterocycles. The van der Waals surface area contributed by atoms with Crippen LogP contribution in [-0.2, 0) is 6.18 Å². The van der Waals surface area contributed by atoms with E-state index < -0.39 is 35.0 Å². The number of halogens is 5. The molecule has 88 valence electrons. The van der Waals surface area contributed by atoms with Gasteiger partial charge in [-0.05, 0) is 6.07 Å². The molecule has 3 nitrogen and oxygen atoms in total. The van der Waals surface area contributed by atoms with Gasteiger partial charge < -0.3 is 4.98 Å². The molecular weight excluding hydrogens is 237 g/mol. The molecule has 0 aliphatic rings. The molecule has 0 aromatic carbocycles. The highest BCUT2D eigenvalue weighted by Crippen LogP contribution is 2.34. The zero-order chi connectivity index (χ0) is 12.5. The van der Waals surface area contributed by atoms with Gasteiger partial charge in [-0.25, -0.2) is 8.78 Å². The van der Waals surface area contributed by atoms with Crippen LogP contribution in [0.5, 0.6) is 0 Å². The van der Waals surface area contributed by atoms with Gasteiger partial charge in [-0.15, -0.1) is 0 Å². The zero-order valence-corrected chi connectivity index (χ0v) is 7.44. The van der Waals surface area contributed by atoms with Crippen LogP contribution in [-0.4, -0.2) is 11.3 Å². The molecule has 0 spiro atoms. The van der Waals surface area contributed by atoms with Gasteiger partial charge in [-0.2, -0.15) is 13.2 Å². The fourth-order valence-electron chi connectivity index (χ4n) is 1.06. The third kappa shape index (κ3) is 2.26. The number of H-pyrrole nitrogens is 1. The molecule has 1 aromatic heterocycles. The maximum atomic E-state index is 12.3. The minimum atomic E-state index is -5.10. The number of hydrogen-bond donors (Lipinski definition) is 1. The number of carbonyl (C=O) groups is 1. The van der Waals surface area contributed by atoms with Crippen molar-refractivity contribution in [2.45, 2.75) is 12.6 Å². The van der Waals surface area contributed by atoms with Crippen LogP contribution in [0.4, 0.5) is 22.0 Å². The molecule has 1 N–H and O–H groups in total. The molecule has 0 bridgehead atoms. The Kier molecular flexibility index (Phi) is 3.11. The topological polar surface area (TPSA) is 49.9 Å². The fraction of sp³-hybridized carbons (Fsp3) is 0.250. The highest BCUT2D eigenvalue weighted by Gasteiger charge is 2.37. The summed E-state index contributed by atoms with van der Waals surface area (Å²) in [5, 5.41) is 0. The summed E-state index contributed by atoms with van der Waals surface area (Å²) in [6, 6.07) is 0.235.